The van der Waals surface area contributed by atoms with Gasteiger partial charge in [0.1, 0.15) is 5.71 Å². The minimum atomic E-state index is -1.50. The number of hydrogen-bond acceptors (Lipinski definition) is 6. The molecule has 1 N–H and O–H groups in total. The maximum atomic E-state index is 11.3. The number of rotatable bonds is 3. The Morgan fingerprint density at radius 2 is 2.35 bits per heavy atom. The van der Waals surface area contributed by atoms with E-state index in [1.807, 2.05) is 0 Å². The number of carbonyl (C=O) groups is 1. The molecule has 0 aromatic carbocycles. The molecule has 0 saturated carbocycles. The minimum Gasteiger partial charge on any atom is -0.466 e. The molecule has 1 aliphatic heterocycles. The normalized spacial score (nSPS) is 24.6. The van der Waals surface area contributed by atoms with E-state index in [1.54, 1.807) is 19.1 Å². The van der Waals surface area contributed by atoms with Crippen LogP contribution in [0, 0.1) is 0 Å². The summed E-state index contributed by atoms with van der Waals surface area (Å²) in [5.41, 5.74) is -0.632. The van der Waals surface area contributed by atoms with Crippen LogP contribution in [-0.4, -0.2) is 29.1 Å². The topological polar surface area (TPSA) is 83.6 Å². The van der Waals surface area contributed by atoms with Crippen molar-refractivity contribution in [1.29, 1.82) is 0 Å². The molecule has 0 saturated heterocycles. The van der Waals surface area contributed by atoms with Gasteiger partial charge in [0.2, 0.25) is 5.72 Å². The molecule has 0 amide bonds. The number of carbonyl (C=O) groups excluding carboxylic acids is 1. The number of aliphatic hydroxyl groups is 1. The maximum Gasteiger partial charge on any atom is 0.310 e. The van der Waals surface area contributed by atoms with E-state index in [4.69, 9.17) is 4.74 Å². The molecule has 0 bridgehead atoms. The predicted molar refractivity (Wildman–Crippen MR) is 55.7 cm³/mol. The van der Waals surface area contributed by atoms with Gasteiger partial charge in [-0.3, -0.25) is 4.79 Å². The summed E-state index contributed by atoms with van der Waals surface area (Å²) in [4.78, 5) is 11.3. The van der Waals surface area contributed by atoms with Gasteiger partial charge in [0.15, 0.2) is 0 Å². The van der Waals surface area contributed by atoms with Gasteiger partial charge in [0, 0.05) is 22.4 Å². The van der Waals surface area contributed by atoms with E-state index < -0.39 is 5.72 Å². The van der Waals surface area contributed by atoms with Crippen molar-refractivity contribution in [2.75, 3.05) is 6.61 Å². The number of esters is 1. The van der Waals surface area contributed by atoms with Crippen LogP contribution in [0.15, 0.2) is 39.2 Å². The van der Waals surface area contributed by atoms with E-state index in [-0.39, 0.29) is 34.8 Å². The summed E-state index contributed by atoms with van der Waals surface area (Å²) in [6, 6.07) is 0. The zero-order chi connectivity index (χ0) is 11.6. The van der Waals surface area contributed by atoms with E-state index >= 15 is 0 Å². The van der Waals surface area contributed by atoms with Gasteiger partial charge in [-0.15, -0.1) is 10.2 Å². The Bertz CT molecular complexity index is 442. The number of allylic oxidation sites excluding steroid dienone is 2. The summed E-state index contributed by atoms with van der Waals surface area (Å²) >= 11 is 0. The van der Waals surface area contributed by atoms with E-state index in [1.165, 1.54) is 6.08 Å². The molecule has 95 valence electrons. The fourth-order valence-corrected chi connectivity index (χ4v) is 1.56. The van der Waals surface area contributed by atoms with Crippen LogP contribution in [-0.2, 0) is 31.9 Å². The molecule has 0 aromatic heterocycles. The van der Waals surface area contributed by atoms with Gasteiger partial charge in [0.25, 0.3) is 0 Å². The molecular weight excluding hydrogens is 318 g/mol. The third-order valence-electron chi connectivity index (χ3n) is 2.26. The van der Waals surface area contributed by atoms with Crippen molar-refractivity contribution in [3.05, 3.63) is 23.8 Å². The first-order chi connectivity index (χ1) is 7.65. The van der Waals surface area contributed by atoms with Crippen LogP contribution in [0.25, 0.3) is 0 Å². The quantitative estimate of drug-likeness (QED) is 0.618. The van der Waals surface area contributed by atoms with Crippen molar-refractivity contribution >= 4 is 11.7 Å². The molecule has 0 spiro atoms. The van der Waals surface area contributed by atoms with Gasteiger partial charge < -0.3 is 9.84 Å². The Hall–Kier alpha value is -1.08. The fraction of sp³-hybridized carbons (Fsp3) is 0.400. The smallest absolute Gasteiger partial charge is 0.310 e. The zero-order valence-corrected chi connectivity index (χ0v) is 10.5. The molecule has 2 aliphatic rings. The number of hydrogen-bond donors (Lipinski definition) is 1. The Labute approximate surface area is 114 Å². The number of ether oxygens (including phenoxy) is 1. The van der Waals surface area contributed by atoms with E-state index in [9.17, 15) is 9.90 Å². The van der Waals surface area contributed by atoms with E-state index in [0.717, 1.165) is 0 Å². The summed E-state index contributed by atoms with van der Waals surface area (Å²) in [5.74, 6) is -0.360. The minimum absolute atomic E-state index is 0. The molecule has 1 aliphatic carbocycles. The predicted octanol–water partition coefficient (Wildman–Crippen LogP) is 0.944. The zero-order valence-electron chi connectivity index (χ0n) is 9.05. The number of fused-ring (bicyclic) bond motifs is 1. The summed E-state index contributed by atoms with van der Waals surface area (Å²) in [6.45, 7) is 2.06. The van der Waals surface area contributed by atoms with Crippen LogP contribution in [0.3, 0.4) is 0 Å². The Morgan fingerprint density at radius 3 is 3.06 bits per heavy atom. The molecule has 2 rings (SSSR count). The van der Waals surface area contributed by atoms with Gasteiger partial charge in [-0.25, -0.2) is 0 Å². The van der Waals surface area contributed by atoms with Crippen LogP contribution < -0.4 is 0 Å². The van der Waals surface area contributed by atoms with E-state index in [2.05, 4.69) is 15.4 Å². The maximum absolute atomic E-state index is 11.3. The van der Waals surface area contributed by atoms with E-state index in [0.29, 0.717) is 17.9 Å². The molecular formula is C10H11AgN3O3. The largest absolute Gasteiger partial charge is 0.466 e. The molecule has 0 fully saturated rings. The summed E-state index contributed by atoms with van der Waals surface area (Å²) in [5, 5.41) is 20.7. The summed E-state index contributed by atoms with van der Waals surface area (Å²) in [7, 11) is 0. The van der Waals surface area contributed by atoms with Crippen LogP contribution in [0.1, 0.15) is 13.3 Å². The molecule has 7 heteroatoms. The average molecular weight is 329 g/mol. The molecule has 6 nitrogen and oxygen atoms in total. The van der Waals surface area contributed by atoms with Crippen LogP contribution >= 0.6 is 0 Å². The Kier molecular flexibility index (Phi) is 4.53. The fourth-order valence-electron chi connectivity index (χ4n) is 1.56. The van der Waals surface area contributed by atoms with Crippen molar-refractivity contribution < 1.29 is 37.0 Å². The first kappa shape index (κ1) is 14.0. The summed E-state index contributed by atoms with van der Waals surface area (Å²) in [6.07, 6.45) is 4.85. The van der Waals surface area contributed by atoms with Gasteiger partial charge in [-0.1, -0.05) is 12.2 Å². The Balaban J connectivity index is 0.00000144. The van der Waals surface area contributed by atoms with Crippen LogP contribution in [0.2, 0.25) is 0 Å². The average Bonchev–Trinajstić information content (AvgIpc) is 2.61. The molecule has 17 heavy (non-hydrogen) atoms. The SMILES string of the molecule is CCOC(=O)CC1=CC=CC2(O)N=NN=C12.[Ag]. The van der Waals surface area contributed by atoms with Gasteiger partial charge in [-0.05, 0) is 23.8 Å². The molecule has 1 radical (unpaired) electrons. The van der Waals surface area contributed by atoms with Crippen molar-refractivity contribution in [1.82, 2.24) is 0 Å². The molecule has 1 unspecified atom stereocenters. The molecule has 1 atom stereocenters. The van der Waals surface area contributed by atoms with Crippen LogP contribution in [0.5, 0.6) is 0 Å². The second-order valence-corrected chi connectivity index (χ2v) is 3.40. The van der Waals surface area contributed by atoms with Crippen LogP contribution in [0.4, 0.5) is 0 Å². The first-order valence-electron chi connectivity index (χ1n) is 4.93. The van der Waals surface area contributed by atoms with Gasteiger partial charge in [-0.2, -0.15) is 0 Å². The van der Waals surface area contributed by atoms with Crippen molar-refractivity contribution in [3.63, 3.8) is 0 Å². The van der Waals surface area contributed by atoms with Crippen molar-refractivity contribution in [2.24, 2.45) is 15.4 Å². The Morgan fingerprint density at radius 1 is 1.59 bits per heavy atom. The standard InChI is InChI=1S/C10H11N3O3.Ag/c1-2-16-8(14)6-7-4-3-5-10(15)9(7)11-13-12-10;/h3-5,15H,2,6H2,1H3;. The number of nitrogens with zero attached hydrogens (tertiary/aromatic N) is 3. The third-order valence-corrected chi connectivity index (χ3v) is 2.26. The van der Waals surface area contributed by atoms with Gasteiger partial charge in [0.05, 0.1) is 13.0 Å². The summed E-state index contributed by atoms with van der Waals surface area (Å²) < 4.78 is 4.82. The van der Waals surface area contributed by atoms with Crippen molar-refractivity contribution in [3.8, 4) is 0 Å². The molecule has 0 aromatic rings. The third kappa shape index (κ3) is 2.78. The van der Waals surface area contributed by atoms with Crippen molar-refractivity contribution in [2.45, 2.75) is 19.1 Å². The monoisotopic (exact) mass is 328 g/mol. The van der Waals surface area contributed by atoms with Gasteiger partial charge >= 0.3 is 5.97 Å². The second kappa shape index (κ2) is 5.50. The molecule has 1 heterocycles. The first-order valence-corrected chi connectivity index (χ1v) is 4.93. The second-order valence-electron chi connectivity index (χ2n) is 3.40.